The maximum Gasteiger partial charge on any atom is 0.214 e. The van der Waals surface area contributed by atoms with Crippen LogP contribution in [0, 0.1) is 0 Å². The number of fused-ring (bicyclic) bond motifs is 1. The molecular formula is C17H13ClN4OS. The number of hydrogen-bond donors (Lipinski definition) is 1. The summed E-state index contributed by atoms with van der Waals surface area (Å²) in [6.45, 7) is 0. The van der Waals surface area contributed by atoms with Gasteiger partial charge in [0, 0.05) is 16.5 Å². The summed E-state index contributed by atoms with van der Waals surface area (Å²) in [5.74, 6) is 1.51. The number of thioether (sulfide) groups is 1. The molecule has 1 aliphatic heterocycles. The summed E-state index contributed by atoms with van der Waals surface area (Å²) in [7, 11) is 1.66. The van der Waals surface area contributed by atoms with E-state index in [0.717, 1.165) is 27.7 Å². The van der Waals surface area contributed by atoms with Crippen molar-refractivity contribution in [3.8, 4) is 17.1 Å². The van der Waals surface area contributed by atoms with Crippen LogP contribution in [0.25, 0.3) is 17.1 Å². The third-order valence-corrected chi connectivity index (χ3v) is 4.82. The molecule has 0 unspecified atom stereocenters. The zero-order chi connectivity index (χ0) is 16.5. The van der Waals surface area contributed by atoms with E-state index in [9.17, 15) is 0 Å². The van der Waals surface area contributed by atoms with Crippen LogP contribution >= 0.6 is 23.4 Å². The molecule has 120 valence electrons. The fraction of sp³-hybridized carbons (Fsp3) is 0.0588. The molecule has 1 N–H and O–H groups in total. The Balaban J connectivity index is 1.69. The Morgan fingerprint density at radius 2 is 1.88 bits per heavy atom. The molecule has 24 heavy (non-hydrogen) atoms. The summed E-state index contributed by atoms with van der Waals surface area (Å²) in [5, 5.41) is 11.9. The van der Waals surface area contributed by atoms with Crippen molar-refractivity contribution in [2.75, 3.05) is 12.5 Å². The van der Waals surface area contributed by atoms with Gasteiger partial charge in [-0.05, 0) is 36.4 Å². The van der Waals surface area contributed by atoms with Crippen molar-refractivity contribution in [1.29, 1.82) is 0 Å². The van der Waals surface area contributed by atoms with Crippen LogP contribution in [-0.2, 0) is 0 Å². The van der Waals surface area contributed by atoms with Crippen LogP contribution in [0.3, 0.4) is 0 Å². The minimum Gasteiger partial charge on any atom is -0.497 e. The number of nitrogens with zero attached hydrogens (tertiary/aromatic N) is 3. The normalized spacial score (nSPS) is 13.0. The molecule has 0 bridgehead atoms. The van der Waals surface area contributed by atoms with Crippen molar-refractivity contribution in [2.24, 2.45) is 0 Å². The molecule has 0 fully saturated rings. The highest BCUT2D eigenvalue weighted by atomic mass is 35.5. The molecule has 3 aromatic rings. The number of nitrogens with one attached hydrogen (secondary N) is 1. The van der Waals surface area contributed by atoms with E-state index in [2.05, 4.69) is 15.6 Å². The van der Waals surface area contributed by atoms with Gasteiger partial charge in [-0.25, -0.2) is 4.68 Å². The topological polar surface area (TPSA) is 52.0 Å². The van der Waals surface area contributed by atoms with E-state index in [1.807, 2.05) is 58.6 Å². The molecule has 0 saturated heterocycles. The number of hydrogen-bond acceptors (Lipinski definition) is 5. The van der Waals surface area contributed by atoms with Crippen LogP contribution < -0.4 is 10.2 Å². The summed E-state index contributed by atoms with van der Waals surface area (Å²) in [5.41, 5.74) is 6.20. The van der Waals surface area contributed by atoms with E-state index in [0.29, 0.717) is 10.8 Å². The zero-order valence-electron chi connectivity index (χ0n) is 12.7. The van der Waals surface area contributed by atoms with Crippen LogP contribution in [0.4, 0.5) is 0 Å². The number of aromatic nitrogens is 3. The lowest BCUT2D eigenvalue weighted by molar-refractivity contribution is 0.415. The van der Waals surface area contributed by atoms with Gasteiger partial charge < -0.3 is 4.74 Å². The Morgan fingerprint density at radius 1 is 1.08 bits per heavy atom. The van der Waals surface area contributed by atoms with Crippen molar-refractivity contribution in [3.63, 3.8) is 0 Å². The summed E-state index contributed by atoms with van der Waals surface area (Å²) in [4.78, 5) is 0. The lowest BCUT2D eigenvalue weighted by Crippen LogP contribution is -2.18. The van der Waals surface area contributed by atoms with E-state index in [-0.39, 0.29) is 0 Å². The highest BCUT2D eigenvalue weighted by molar-refractivity contribution is 8.02. The molecule has 7 heteroatoms. The van der Waals surface area contributed by atoms with Crippen molar-refractivity contribution in [3.05, 3.63) is 64.5 Å². The lowest BCUT2D eigenvalue weighted by atomic mass is 10.2. The Labute approximate surface area is 148 Å². The molecule has 0 amide bonds. The van der Waals surface area contributed by atoms with Crippen LogP contribution in [-0.4, -0.2) is 22.0 Å². The fourth-order valence-corrected chi connectivity index (χ4v) is 3.38. The predicted octanol–water partition coefficient (Wildman–Crippen LogP) is 4.25. The molecule has 4 rings (SSSR count). The summed E-state index contributed by atoms with van der Waals surface area (Å²) < 4.78 is 7.06. The van der Waals surface area contributed by atoms with Crippen molar-refractivity contribution >= 4 is 29.1 Å². The number of benzene rings is 2. The second-order valence-electron chi connectivity index (χ2n) is 5.11. The van der Waals surface area contributed by atoms with Gasteiger partial charge in [-0.1, -0.05) is 35.5 Å². The first-order valence-corrected chi connectivity index (χ1v) is 8.50. The number of methoxy groups -OCH3 is 1. The summed E-state index contributed by atoms with van der Waals surface area (Å²) in [6, 6.07) is 15.5. The molecule has 0 atom stereocenters. The Kier molecular flexibility index (Phi) is 3.92. The van der Waals surface area contributed by atoms with Crippen molar-refractivity contribution in [1.82, 2.24) is 14.9 Å². The largest absolute Gasteiger partial charge is 0.497 e. The highest BCUT2D eigenvalue weighted by Gasteiger charge is 2.20. The van der Waals surface area contributed by atoms with Gasteiger partial charge in [0.25, 0.3) is 0 Å². The van der Waals surface area contributed by atoms with E-state index < -0.39 is 0 Å². The van der Waals surface area contributed by atoms with Crippen LogP contribution in [0.1, 0.15) is 5.56 Å². The SMILES string of the molecule is COc1ccc(C2=CSc3nnc(-c4ccccc4Cl)n3N2)cc1. The number of halogens is 1. The fourth-order valence-electron chi connectivity index (χ4n) is 2.43. The van der Waals surface area contributed by atoms with E-state index in [1.54, 1.807) is 7.11 Å². The Morgan fingerprint density at radius 3 is 2.62 bits per heavy atom. The maximum absolute atomic E-state index is 6.30. The molecule has 1 aromatic heterocycles. The Hall–Kier alpha value is -2.44. The van der Waals surface area contributed by atoms with Crippen molar-refractivity contribution < 1.29 is 4.74 Å². The Bertz CT molecular complexity index is 921. The van der Waals surface area contributed by atoms with Crippen LogP contribution in [0.5, 0.6) is 5.75 Å². The number of ether oxygens (including phenoxy) is 1. The molecule has 0 radical (unpaired) electrons. The van der Waals surface area contributed by atoms with Gasteiger partial charge in [0.2, 0.25) is 5.16 Å². The molecule has 1 aliphatic rings. The second kappa shape index (κ2) is 6.22. The van der Waals surface area contributed by atoms with Gasteiger partial charge in [-0.2, -0.15) is 0 Å². The molecule has 2 aromatic carbocycles. The summed E-state index contributed by atoms with van der Waals surface area (Å²) in [6.07, 6.45) is 0. The second-order valence-corrected chi connectivity index (χ2v) is 6.35. The van der Waals surface area contributed by atoms with Crippen LogP contribution in [0.2, 0.25) is 5.02 Å². The van der Waals surface area contributed by atoms with Gasteiger partial charge in [-0.15, -0.1) is 10.2 Å². The first kappa shape index (κ1) is 15.1. The molecular weight excluding hydrogens is 344 g/mol. The molecule has 0 saturated carbocycles. The van der Waals surface area contributed by atoms with E-state index >= 15 is 0 Å². The van der Waals surface area contributed by atoms with Gasteiger partial charge in [0.1, 0.15) is 5.75 Å². The van der Waals surface area contributed by atoms with E-state index in [4.69, 9.17) is 16.3 Å². The van der Waals surface area contributed by atoms with Gasteiger partial charge in [-0.3, -0.25) is 5.43 Å². The van der Waals surface area contributed by atoms with Gasteiger partial charge in [0.05, 0.1) is 17.8 Å². The third-order valence-electron chi connectivity index (χ3n) is 3.66. The molecule has 0 spiro atoms. The maximum atomic E-state index is 6.30. The smallest absolute Gasteiger partial charge is 0.214 e. The van der Waals surface area contributed by atoms with E-state index in [1.165, 1.54) is 11.8 Å². The van der Waals surface area contributed by atoms with Gasteiger partial charge >= 0.3 is 0 Å². The molecule has 5 nitrogen and oxygen atoms in total. The first-order chi connectivity index (χ1) is 11.8. The molecule has 0 aliphatic carbocycles. The minimum absolute atomic E-state index is 0.639. The van der Waals surface area contributed by atoms with Crippen molar-refractivity contribution in [2.45, 2.75) is 5.16 Å². The zero-order valence-corrected chi connectivity index (χ0v) is 14.3. The van der Waals surface area contributed by atoms with Gasteiger partial charge in [0.15, 0.2) is 5.82 Å². The number of rotatable bonds is 3. The monoisotopic (exact) mass is 356 g/mol. The standard InChI is InChI=1S/C17H13ClN4OS/c1-23-12-8-6-11(7-9-12)15-10-24-17-20-19-16(22(17)21-15)13-4-2-3-5-14(13)18/h2-10,21H,1H3. The van der Waals surface area contributed by atoms with Crippen LogP contribution in [0.15, 0.2) is 59.1 Å². The predicted molar refractivity (Wildman–Crippen MR) is 96.7 cm³/mol. The summed E-state index contributed by atoms with van der Waals surface area (Å²) >= 11 is 7.81. The average molecular weight is 357 g/mol. The highest BCUT2D eigenvalue weighted by Crippen LogP contribution is 2.33. The molecule has 2 heterocycles. The third kappa shape index (κ3) is 2.64. The quantitative estimate of drug-likeness (QED) is 0.760. The average Bonchev–Trinajstić information content (AvgIpc) is 3.05. The first-order valence-electron chi connectivity index (χ1n) is 7.25. The minimum atomic E-state index is 0.639. The lowest BCUT2D eigenvalue weighted by Gasteiger charge is -2.19.